The standard InChI is InChI=1S/C31H37F6N5O4/c1-18-27(21-12-22(30(32,33)34)14-23(13-21)31(35,36)37)46-29(45)42(18)17-24-28(38-15-25(39-24)41-9-3-4-10-41)40(2)16-20-7-5-19(6-8-20)11-26(43)44/h12-15,18-20,27H,3-11,16-17H2,1-2H3,(H,43,44)/t18-,19-,20-,27?/m0/s1. The van der Waals surface area contributed by atoms with Crippen LogP contribution in [0.4, 0.5) is 42.8 Å². The van der Waals surface area contributed by atoms with Crippen molar-refractivity contribution in [3.8, 4) is 0 Å². The highest BCUT2D eigenvalue weighted by atomic mass is 19.4. The van der Waals surface area contributed by atoms with Gasteiger partial charge in [-0.1, -0.05) is 0 Å². The second-order valence-corrected chi connectivity index (χ2v) is 12.6. The Bertz CT molecular complexity index is 1390. The van der Waals surface area contributed by atoms with Crippen LogP contribution in [0.1, 0.15) is 80.4 Å². The Morgan fingerprint density at radius 1 is 1.00 bits per heavy atom. The number of aromatic nitrogens is 2. The maximum atomic E-state index is 13.6. The molecule has 3 heterocycles. The number of rotatable bonds is 9. The molecule has 0 spiro atoms. The summed E-state index contributed by atoms with van der Waals surface area (Å²) in [5.41, 5.74) is -2.94. The van der Waals surface area contributed by atoms with Crippen LogP contribution in [-0.4, -0.2) is 64.8 Å². The number of ether oxygens (including phenoxy) is 1. The molecule has 5 rings (SSSR count). The minimum Gasteiger partial charge on any atom is -0.481 e. The highest BCUT2D eigenvalue weighted by Gasteiger charge is 2.44. The van der Waals surface area contributed by atoms with Gasteiger partial charge in [-0.25, -0.2) is 14.8 Å². The number of hydrogen-bond donors (Lipinski definition) is 1. The van der Waals surface area contributed by atoms with E-state index in [-0.39, 0.29) is 30.9 Å². The van der Waals surface area contributed by atoms with Crippen LogP contribution in [0, 0.1) is 11.8 Å². The molecule has 9 nitrogen and oxygen atoms in total. The molecule has 2 atom stereocenters. The van der Waals surface area contributed by atoms with Gasteiger partial charge in [-0.3, -0.25) is 9.69 Å². The third kappa shape index (κ3) is 7.60. The Labute approximate surface area is 262 Å². The van der Waals surface area contributed by atoms with E-state index in [1.165, 1.54) is 11.8 Å². The Kier molecular flexibility index (Phi) is 9.60. The van der Waals surface area contributed by atoms with E-state index in [2.05, 4.69) is 4.90 Å². The average Bonchev–Trinajstić information content (AvgIpc) is 3.62. The van der Waals surface area contributed by atoms with E-state index in [1.807, 2.05) is 11.9 Å². The van der Waals surface area contributed by atoms with E-state index in [0.717, 1.165) is 51.6 Å². The number of alkyl halides is 6. The van der Waals surface area contributed by atoms with Gasteiger partial charge in [-0.05, 0) is 81.0 Å². The maximum absolute atomic E-state index is 13.6. The summed E-state index contributed by atoms with van der Waals surface area (Å²) in [7, 11) is 1.85. The second-order valence-electron chi connectivity index (χ2n) is 12.6. The maximum Gasteiger partial charge on any atom is 0.416 e. The lowest BCUT2D eigenvalue weighted by molar-refractivity contribution is -0.143. The molecule has 1 saturated carbocycles. The summed E-state index contributed by atoms with van der Waals surface area (Å²) in [5, 5.41) is 9.13. The largest absolute Gasteiger partial charge is 0.481 e. The van der Waals surface area contributed by atoms with Crippen molar-refractivity contribution < 1.29 is 45.8 Å². The van der Waals surface area contributed by atoms with Crippen LogP contribution in [0.3, 0.4) is 0 Å². The Morgan fingerprint density at radius 2 is 1.59 bits per heavy atom. The van der Waals surface area contributed by atoms with Crippen molar-refractivity contribution in [3.05, 3.63) is 46.8 Å². The summed E-state index contributed by atoms with van der Waals surface area (Å²) in [6, 6.07) is 0.302. The summed E-state index contributed by atoms with van der Waals surface area (Å²) >= 11 is 0. The number of anilines is 2. The van der Waals surface area contributed by atoms with Crippen LogP contribution in [0.5, 0.6) is 0 Å². The topological polar surface area (TPSA) is 99.1 Å². The van der Waals surface area contributed by atoms with E-state index < -0.39 is 53.3 Å². The normalized spacial score (nSPS) is 24.0. The molecular weight excluding hydrogens is 620 g/mol. The Hall–Kier alpha value is -3.78. The zero-order valence-corrected chi connectivity index (χ0v) is 25.6. The average molecular weight is 658 g/mol. The van der Waals surface area contributed by atoms with Crippen molar-refractivity contribution in [2.45, 2.75) is 82.9 Å². The molecule has 3 fully saturated rings. The first-order valence-corrected chi connectivity index (χ1v) is 15.4. The lowest BCUT2D eigenvalue weighted by Gasteiger charge is -2.32. The van der Waals surface area contributed by atoms with Gasteiger partial charge in [0, 0.05) is 33.1 Å². The van der Waals surface area contributed by atoms with Gasteiger partial charge in [-0.2, -0.15) is 26.3 Å². The zero-order valence-electron chi connectivity index (χ0n) is 25.6. The van der Waals surface area contributed by atoms with E-state index in [4.69, 9.17) is 19.8 Å². The fourth-order valence-electron chi connectivity index (χ4n) is 6.74. The molecule has 252 valence electrons. The number of halogens is 6. The first-order chi connectivity index (χ1) is 21.6. The van der Waals surface area contributed by atoms with Crippen LogP contribution in [0.15, 0.2) is 24.4 Å². The van der Waals surface area contributed by atoms with Crippen LogP contribution >= 0.6 is 0 Å². The van der Waals surface area contributed by atoms with Crippen LogP contribution in [0.2, 0.25) is 0 Å². The SMILES string of the molecule is C[C@H]1C(c2cc(C(F)(F)F)cc(C(F)(F)F)c2)OC(=O)N1Cc1nc(N2CCCC2)cnc1N(C)C[C@H]1CC[C@H](CC(=O)O)CC1. The fraction of sp³-hybridized carbons (Fsp3) is 0.613. The van der Waals surface area contributed by atoms with E-state index >= 15 is 0 Å². The highest BCUT2D eigenvalue weighted by Crippen LogP contribution is 2.41. The lowest BCUT2D eigenvalue weighted by Crippen LogP contribution is -2.35. The van der Waals surface area contributed by atoms with Gasteiger partial charge >= 0.3 is 24.4 Å². The summed E-state index contributed by atoms with van der Waals surface area (Å²) < 4.78 is 86.7. The Balaban J connectivity index is 1.39. The molecule has 46 heavy (non-hydrogen) atoms. The van der Waals surface area contributed by atoms with Crippen molar-refractivity contribution in [2.75, 3.05) is 36.5 Å². The lowest BCUT2D eigenvalue weighted by atomic mass is 9.80. The van der Waals surface area contributed by atoms with Crippen molar-refractivity contribution in [1.82, 2.24) is 14.9 Å². The number of carboxylic acid groups (broad SMARTS) is 1. The molecule has 1 aliphatic carbocycles. The Morgan fingerprint density at radius 3 is 2.15 bits per heavy atom. The van der Waals surface area contributed by atoms with Gasteiger partial charge in [0.25, 0.3) is 0 Å². The monoisotopic (exact) mass is 657 g/mol. The molecule has 0 radical (unpaired) electrons. The third-order valence-corrected chi connectivity index (χ3v) is 9.21. The third-order valence-electron chi connectivity index (χ3n) is 9.21. The predicted molar refractivity (Wildman–Crippen MR) is 155 cm³/mol. The molecule has 1 N–H and O–H groups in total. The van der Waals surface area contributed by atoms with Crippen molar-refractivity contribution in [2.24, 2.45) is 11.8 Å². The van der Waals surface area contributed by atoms with Crippen molar-refractivity contribution in [3.63, 3.8) is 0 Å². The van der Waals surface area contributed by atoms with E-state index in [1.54, 1.807) is 6.20 Å². The fourth-order valence-corrected chi connectivity index (χ4v) is 6.74. The van der Waals surface area contributed by atoms with Gasteiger partial charge in [0.1, 0.15) is 17.6 Å². The molecule has 3 aliphatic rings. The number of benzene rings is 1. The molecule has 1 unspecified atom stereocenters. The second kappa shape index (κ2) is 13.1. The molecular formula is C31H37F6N5O4. The van der Waals surface area contributed by atoms with Gasteiger partial charge in [0.15, 0.2) is 5.82 Å². The van der Waals surface area contributed by atoms with Crippen LogP contribution < -0.4 is 9.80 Å². The van der Waals surface area contributed by atoms with Crippen LogP contribution in [-0.2, 0) is 28.4 Å². The van der Waals surface area contributed by atoms with E-state index in [0.29, 0.717) is 36.0 Å². The molecule has 2 aromatic rings. The molecule has 1 amide bonds. The molecule has 1 aromatic carbocycles. The molecule has 2 aliphatic heterocycles. The number of carbonyl (C=O) groups is 2. The quantitative estimate of drug-likeness (QED) is 0.291. The molecule has 15 heteroatoms. The number of carboxylic acids is 1. The van der Waals surface area contributed by atoms with Crippen molar-refractivity contribution in [1.29, 1.82) is 0 Å². The summed E-state index contributed by atoms with van der Waals surface area (Å²) in [6.07, 6.45) is -5.24. The zero-order chi connectivity index (χ0) is 33.4. The number of nitrogens with zero attached hydrogens (tertiary/aromatic N) is 5. The number of aliphatic carboxylic acids is 1. The summed E-state index contributed by atoms with van der Waals surface area (Å²) in [6.45, 7) is 3.56. The smallest absolute Gasteiger partial charge is 0.416 e. The van der Waals surface area contributed by atoms with Gasteiger partial charge in [0.2, 0.25) is 0 Å². The molecule has 2 saturated heterocycles. The predicted octanol–water partition coefficient (Wildman–Crippen LogP) is 6.91. The summed E-state index contributed by atoms with van der Waals surface area (Å²) in [4.78, 5) is 39.1. The summed E-state index contributed by atoms with van der Waals surface area (Å²) in [5.74, 6) is 0.741. The first kappa shape index (κ1) is 33.6. The van der Waals surface area contributed by atoms with Gasteiger partial charge < -0.3 is 19.6 Å². The molecule has 0 bridgehead atoms. The van der Waals surface area contributed by atoms with Crippen molar-refractivity contribution >= 4 is 23.7 Å². The van der Waals surface area contributed by atoms with Gasteiger partial charge in [-0.15, -0.1) is 0 Å². The highest BCUT2D eigenvalue weighted by molar-refractivity contribution is 5.71. The van der Waals surface area contributed by atoms with E-state index in [9.17, 15) is 35.9 Å². The number of cyclic esters (lactones) is 1. The number of amides is 1. The number of hydrogen-bond acceptors (Lipinski definition) is 7. The van der Waals surface area contributed by atoms with Gasteiger partial charge in [0.05, 0.1) is 29.9 Å². The molecule has 1 aromatic heterocycles. The minimum atomic E-state index is -5.04. The first-order valence-electron chi connectivity index (χ1n) is 15.4. The van der Waals surface area contributed by atoms with Crippen LogP contribution in [0.25, 0.3) is 0 Å². The number of carbonyl (C=O) groups excluding carboxylic acids is 1. The minimum absolute atomic E-state index is 0.0445.